The summed E-state index contributed by atoms with van der Waals surface area (Å²) in [6, 6.07) is 10.2. The van der Waals surface area contributed by atoms with Crippen LogP contribution in [0.15, 0.2) is 36.4 Å². The number of hydrogen-bond donors (Lipinski definition) is 3. The Morgan fingerprint density at radius 3 is 3.00 bits per heavy atom. The average molecular weight is 233 g/mol. The maximum atomic E-state index is 9.02. The number of benzene rings is 1. The molecular formula is C13H19N3O. The SMILES string of the molecule is ONC1CNCCN1C/C=C/c1ccccc1. The van der Waals surface area contributed by atoms with Crippen LogP contribution in [0.4, 0.5) is 0 Å². The van der Waals surface area contributed by atoms with Gasteiger partial charge in [-0.1, -0.05) is 42.5 Å². The lowest BCUT2D eigenvalue weighted by Gasteiger charge is -2.34. The number of piperazine rings is 1. The van der Waals surface area contributed by atoms with Gasteiger partial charge >= 0.3 is 0 Å². The van der Waals surface area contributed by atoms with E-state index < -0.39 is 0 Å². The first-order valence-corrected chi connectivity index (χ1v) is 5.96. The van der Waals surface area contributed by atoms with Gasteiger partial charge in [-0.3, -0.25) is 4.90 Å². The van der Waals surface area contributed by atoms with E-state index in [0.717, 1.165) is 26.2 Å². The molecule has 17 heavy (non-hydrogen) atoms. The Morgan fingerprint density at radius 1 is 1.41 bits per heavy atom. The van der Waals surface area contributed by atoms with Crippen LogP contribution < -0.4 is 10.8 Å². The smallest absolute Gasteiger partial charge is 0.0964 e. The van der Waals surface area contributed by atoms with Crippen molar-refractivity contribution in [3.05, 3.63) is 42.0 Å². The van der Waals surface area contributed by atoms with E-state index in [9.17, 15) is 0 Å². The van der Waals surface area contributed by atoms with Gasteiger partial charge in [0.05, 0.1) is 6.17 Å². The Bertz CT molecular complexity index is 353. The first-order chi connectivity index (χ1) is 8.40. The zero-order valence-electron chi connectivity index (χ0n) is 9.84. The standard InChI is InChI=1S/C13H19N3O/c17-15-13-11-14-8-10-16(13)9-4-7-12-5-2-1-3-6-12/h1-7,13-15,17H,8-11H2/b7-4+. The van der Waals surface area contributed by atoms with E-state index >= 15 is 0 Å². The van der Waals surface area contributed by atoms with Gasteiger partial charge in [-0.05, 0) is 5.56 Å². The first-order valence-electron chi connectivity index (χ1n) is 5.96. The van der Waals surface area contributed by atoms with Crippen molar-refractivity contribution in [1.29, 1.82) is 0 Å². The largest absolute Gasteiger partial charge is 0.315 e. The fraction of sp³-hybridized carbons (Fsp3) is 0.385. The summed E-state index contributed by atoms with van der Waals surface area (Å²) in [6.07, 6.45) is 4.24. The van der Waals surface area contributed by atoms with Gasteiger partial charge in [-0.15, -0.1) is 0 Å². The van der Waals surface area contributed by atoms with Crippen LogP contribution in [0.25, 0.3) is 6.08 Å². The molecule has 1 saturated heterocycles. The number of hydroxylamine groups is 1. The summed E-state index contributed by atoms with van der Waals surface area (Å²) in [7, 11) is 0. The second kappa shape index (κ2) is 6.51. The van der Waals surface area contributed by atoms with Gasteiger partial charge in [0.1, 0.15) is 0 Å². The number of rotatable bonds is 4. The molecule has 3 N–H and O–H groups in total. The number of hydrogen-bond acceptors (Lipinski definition) is 4. The van der Waals surface area contributed by atoms with Crippen LogP contribution in [-0.2, 0) is 0 Å². The Kier molecular flexibility index (Phi) is 4.70. The van der Waals surface area contributed by atoms with E-state index in [2.05, 4.69) is 40.0 Å². The topological polar surface area (TPSA) is 47.5 Å². The fourth-order valence-electron chi connectivity index (χ4n) is 1.98. The fourth-order valence-corrected chi connectivity index (χ4v) is 1.98. The molecule has 0 aliphatic carbocycles. The molecule has 1 aromatic rings. The minimum atomic E-state index is 0.00386. The van der Waals surface area contributed by atoms with E-state index in [1.165, 1.54) is 5.56 Å². The summed E-state index contributed by atoms with van der Waals surface area (Å²) < 4.78 is 0. The summed E-state index contributed by atoms with van der Waals surface area (Å²) >= 11 is 0. The lowest BCUT2D eigenvalue weighted by Crippen LogP contribution is -2.56. The monoisotopic (exact) mass is 233 g/mol. The quantitative estimate of drug-likeness (QED) is 0.677. The van der Waals surface area contributed by atoms with Crippen LogP contribution in [0.3, 0.4) is 0 Å². The van der Waals surface area contributed by atoms with Crippen LogP contribution in [0, 0.1) is 0 Å². The Balaban J connectivity index is 1.86. The van der Waals surface area contributed by atoms with Gasteiger partial charge < -0.3 is 10.5 Å². The highest BCUT2D eigenvalue weighted by Gasteiger charge is 2.19. The maximum Gasteiger partial charge on any atom is 0.0964 e. The van der Waals surface area contributed by atoms with Crippen LogP contribution in [0.5, 0.6) is 0 Å². The second-order valence-electron chi connectivity index (χ2n) is 4.16. The van der Waals surface area contributed by atoms with Gasteiger partial charge in [0.15, 0.2) is 0 Å². The van der Waals surface area contributed by atoms with Crippen molar-refractivity contribution in [3.8, 4) is 0 Å². The van der Waals surface area contributed by atoms with Crippen molar-refractivity contribution in [1.82, 2.24) is 15.7 Å². The predicted octanol–water partition coefficient (Wildman–Crippen LogP) is 0.910. The molecular weight excluding hydrogens is 214 g/mol. The van der Waals surface area contributed by atoms with E-state index in [1.54, 1.807) is 0 Å². The number of nitrogens with one attached hydrogen (secondary N) is 2. The highest BCUT2D eigenvalue weighted by molar-refractivity contribution is 5.48. The normalized spacial score (nSPS) is 22.1. The summed E-state index contributed by atoms with van der Waals surface area (Å²) in [6.45, 7) is 3.53. The molecule has 1 aromatic carbocycles. The van der Waals surface area contributed by atoms with E-state index in [0.29, 0.717) is 0 Å². The van der Waals surface area contributed by atoms with Crippen LogP contribution in [0.1, 0.15) is 5.56 Å². The lowest BCUT2D eigenvalue weighted by atomic mass is 10.2. The zero-order chi connectivity index (χ0) is 11.9. The third kappa shape index (κ3) is 3.64. The van der Waals surface area contributed by atoms with Crippen LogP contribution in [-0.4, -0.2) is 42.5 Å². The molecule has 4 nitrogen and oxygen atoms in total. The molecule has 0 bridgehead atoms. The summed E-state index contributed by atoms with van der Waals surface area (Å²) in [4.78, 5) is 2.20. The third-order valence-electron chi connectivity index (χ3n) is 2.95. The molecule has 1 aliphatic rings. The Morgan fingerprint density at radius 2 is 2.24 bits per heavy atom. The van der Waals surface area contributed by atoms with Gasteiger partial charge in [-0.2, -0.15) is 5.48 Å². The Labute approximate surface area is 102 Å². The van der Waals surface area contributed by atoms with Crippen molar-refractivity contribution < 1.29 is 5.21 Å². The van der Waals surface area contributed by atoms with Crippen molar-refractivity contribution in [2.75, 3.05) is 26.2 Å². The minimum Gasteiger partial charge on any atom is -0.315 e. The van der Waals surface area contributed by atoms with Crippen LogP contribution in [0.2, 0.25) is 0 Å². The summed E-state index contributed by atoms with van der Waals surface area (Å²) in [5.74, 6) is 0. The summed E-state index contributed by atoms with van der Waals surface area (Å²) in [5.41, 5.74) is 3.54. The molecule has 1 aliphatic heterocycles. The molecule has 1 fully saturated rings. The molecule has 1 unspecified atom stereocenters. The van der Waals surface area contributed by atoms with Crippen molar-refractivity contribution in [2.24, 2.45) is 0 Å². The second-order valence-corrected chi connectivity index (χ2v) is 4.16. The molecule has 4 heteroatoms. The van der Waals surface area contributed by atoms with E-state index in [4.69, 9.17) is 5.21 Å². The Hall–Kier alpha value is -1.20. The lowest BCUT2D eigenvalue weighted by molar-refractivity contribution is 0.0252. The third-order valence-corrected chi connectivity index (χ3v) is 2.95. The van der Waals surface area contributed by atoms with E-state index in [1.807, 2.05) is 18.2 Å². The van der Waals surface area contributed by atoms with Gasteiger partial charge in [0, 0.05) is 26.2 Å². The highest BCUT2D eigenvalue weighted by atomic mass is 16.5. The molecule has 2 rings (SSSR count). The van der Waals surface area contributed by atoms with Gasteiger partial charge in [-0.25, -0.2) is 0 Å². The molecule has 0 spiro atoms. The maximum absolute atomic E-state index is 9.02. The minimum absolute atomic E-state index is 0.00386. The van der Waals surface area contributed by atoms with Crippen molar-refractivity contribution in [2.45, 2.75) is 6.17 Å². The predicted molar refractivity (Wildman–Crippen MR) is 68.6 cm³/mol. The van der Waals surface area contributed by atoms with Crippen LogP contribution >= 0.6 is 0 Å². The van der Waals surface area contributed by atoms with E-state index in [-0.39, 0.29) is 6.17 Å². The molecule has 0 amide bonds. The molecule has 0 saturated carbocycles. The summed E-state index contributed by atoms with van der Waals surface area (Å²) in [5, 5.41) is 12.3. The molecule has 0 aromatic heterocycles. The first kappa shape index (κ1) is 12.3. The van der Waals surface area contributed by atoms with Crippen molar-refractivity contribution in [3.63, 3.8) is 0 Å². The zero-order valence-corrected chi connectivity index (χ0v) is 9.84. The number of nitrogens with zero attached hydrogens (tertiary/aromatic N) is 1. The molecule has 1 heterocycles. The van der Waals surface area contributed by atoms with Gasteiger partial charge in [0.2, 0.25) is 0 Å². The van der Waals surface area contributed by atoms with Gasteiger partial charge in [0.25, 0.3) is 0 Å². The highest BCUT2D eigenvalue weighted by Crippen LogP contribution is 2.03. The molecule has 0 radical (unpaired) electrons. The van der Waals surface area contributed by atoms with Crippen molar-refractivity contribution >= 4 is 6.08 Å². The molecule has 1 atom stereocenters. The molecule has 92 valence electrons. The average Bonchev–Trinajstić information content (AvgIpc) is 2.40.